The van der Waals surface area contributed by atoms with E-state index in [2.05, 4.69) is 24.0 Å². The standard InChI is InChI=1S/C13H20N2O3/c1-8(2)7-11-14-12(18-15-11)9-5-4-6-10(9)13(16)17-3/h8-10H,4-7H2,1-3H3/t9-,10+/m1/s1. The summed E-state index contributed by atoms with van der Waals surface area (Å²) < 4.78 is 10.1. The second kappa shape index (κ2) is 5.50. The monoisotopic (exact) mass is 252 g/mol. The van der Waals surface area contributed by atoms with Crippen LogP contribution in [0.5, 0.6) is 0 Å². The lowest BCUT2D eigenvalue weighted by molar-refractivity contribution is -0.145. The third-order valence-electron chi connectivity index (χ3n) is 3.41. The zero-order chi connectivity index (χ0) is 13.1. The quantitative estimate of drug-likeness (QED) is 0.769. The first-order valence-electron chi connectivity index (χ1n) is 6.52. The van der Waals surface area contributed by atoms with Crippen molar-refractivity contribution in [3.8, 4) is 0 Å². The molecule has 1 aromatic heterocycles. The van der Waals surface area contributed by atoms with Gasteiger partial charge < -0.3 is 9.26 Å². The molecule has 1 aliphatic carbocycles. The van der Waals surface area contributed by atoms with Gasteiger partial charge in [-0.3, -0.25) is 4.79 Å². The summed E-state index contributed by atoms with van der Waals surface area (Å²) in [5.74, 6) is 1.57. The van der Waals surface area contributed by atoms with Gasteiger partial charge in [0.2, 0.25) is 5.89 Å². The molecule has 2 atom stereocenters. The minimum atomic E-state index is -0.166. The summed E-state index contributed by atoms with van der Waals surface area (Å²) in [6, 6.07) is 0. The van der Waals surface area contributed by atoms with Gasteiger partial charge in [0, 0.05) is 6.42 Å². The fraction of sp³-hybridized carbons (Fsp3) is 0.769. The van der Waals surface area contributed by atoms with Gasteiger partial charge in [0.25, 0.3) is 0 Å². The zero-order valence-electron chi connectivity index (χ0n) is 11.2. The molecule has 1 fully saturated rings. The van der Waals surface area contributed by atoms with Gasteiger partial charge in [-0.25, -0.2) is 0 Å². The Morgan fingerprint density at radius 2 is 2.28 bits per heavy atom. The number of esters is 1. The zero-order valence-corrected chi connectivity index (χ0v) is 11.2. The van der Waals surface area contributed by atoms with Crippen molar-refractivity contribution in [2.24, 2.45) is 11.8 Å². The van der Waals surface area contributed by atoms with Crippen molar-refractivity contribution >= 4 is 5.97 Å². The van der Waals surface area contributed by atoms with Crippen molar-refractivity contribution in [2.45, 2.75) is 45.4 Å². The Balaban J connectivity index is 2.10. The van der Waals surface area contributed by atoms with Crippen LogP contribution in [0.1, 0.15) is 50.7 Å². The van der Waals surface area contributed by atoms with Crippen LogP contribution in [0.3, 0.4) is 0 Å². The second-order valence-corrected chi connectivity index (χ2v) is 5.31. The van der Waals surface area contributed by atoms with Gasteiger partial charge in [-0.2, -0.15) is 4.98 Å². The van der Waals surface area contributed by atoms with Crippen LogP contribution in [0, 0.1) is 11.8 Å². The first-order chi connectivity index (χ1) is 8.61. The largest absolute Gasteiger partial charge is 0.469 e. The molecule has 0 aliphatic heterocycles. The number of carbonyl (C=O) groups is 1. The molecule has 1 heterocycles. The van der Waals surface area contributed by atoms with Gasteiger partial charge in [-0.05, 0) is 18.8 Å². The molecule has 0 bridgehead atoms. The molecular weight excluding hydrogens is 232 g/mol. The van der Waals surface area contributed by atoms with E-state index in [4.69, 9.17) is 9.26 Å². The van der Waals surface area contributed by atoms with Crippen molar-refractivity contribution in [1.29, 1.82) is 0 Å². The molecule has 0 amide bonds. The fourth-order valence-electron chi connectivity index (χ4n) is 2.56. The van der Waals surface area contributed by atoms with E-state index in [0.29, 0.717) is 11.8 Å². The lowest BCUT2D eigenvalue weighted by Gasteiger charge is -2.12. The highest BCUT2D eigenvalue weighted by molar-refractivity contribution is 5.73. The molecular formula is C13H20N2O3. The van der Waals surface area contributed by atoms with E-state index in [1.165, 1.54) is 7.11 Å². The molecule has 0 radical (unpaired) electrons. The van der Waals surface area contributed by atoms with Crippen molar-refractivity contribution < 1.29 is 14.1 Å². The Morgan fingerprint density at radius 1 is 1.50 bits per heavy atom. The number of aromatic nitrogens is 2. The van der Waals surface area contributed by atoms with E-state index in [1.54, 1.807) is 0 Å². The highest BCUT2D eigenvalue weighted by atomic mass is 16.5. The topological polar surface area (TPSA) is 65.2 Å². The van der Waals surface area contributed by atoms with Crippen LogP contribution < -0.4 is 0 Å². The summed E-state index contributed by atoms with van der Waals surface area (Å²) >= 11 is 0. The maximum Gasteiger partial charge on any atom is 0.309 e. The predicted octanol–water partition coefficient (Wildman–Crippen LogP) is 2.32. The number of ether oxygens (including phenoxy) is 1. The molecule has 1 saturated carbocycles. The maximum absolute atomic E-state index is 11.7. The molecule has 0 N–H and O–H groups in total. The molecule has 2 rings (SSSR count). The van der Waals surface area contributed by atoms with Crippen LogP contribution in [0.25, 0.3) is 0 Å². The Bertz CT molecular complexity index is 414. The number of carbonyl (C=O) groups excluding carboxylic acids is 1. The van der Waals surface area contributed by atoms with Crippen molar-refractivity contribution in [3.05, 3.63) is 11.7 Å². The lowest BCUT2D eigenvalue weighted by atomic mass is 9.96. The van der Waals surface area contributed by atoms with E-state index in [9.17, 15) is 4.79 Å². The van der Waals surface area contributed by atoms with Crippen LogP contribution in [0.15, 0.2) is 4.52 Å². The van der Waals surface area contributed by atoms with Gasteiger partial charge in [-0.15, -0.1) is 0 Å². The SMILES string of the molecule is COC(=O)[C@H]1CCC[C@H]1c1nc(CC(C)C)no1. The predicted molar refractivity (Wildman–Crippen MR) is 64.9 cm³/mol. The van der Waals surface area contributed by atoms with E-state index < -0.39 is 0 Å². The summed E-state index contributed by atoms with van der Waals surface area (Å²) in [6.07, 6.45) is 3.58. The van der Waals surface area contributed by atoms with Crippen LogP contribution >= 0.6 is 0 Å². The highest BCUT2D eigenvalue weighted by Crippen LogP contribution is 2.39. The average molecular weight is 252 g/mol. The number of nitrogens with zero attached hydrogens (tertiary/aromatic N) is 2. The normalized spacial score (nSPS) is 23.6. The van der Waals surface area contributed by atoms with E-state index >= 15 is 0 Å². The number of rotatable bonds is 4. The molecule has 0 unspecified atom stereocenters. The summed E-state index contributed by atoms with van der Waals surface area (Å²) in [7, 11) is 1.43. The van der Waals surface area contributed by atoms with Gasteiger partial charge >= 0.3 is 5.97 Å². The van der Waals surface area contributed by atoms with E-state index in [1.807, 2.05) is 0 Å². The third-order valence-corrected chi connectivity index (χ3v) is 3.41. The Kier molecular flexibility index (Phi) is 3.99. The minimum absolute atomic E-state index is 0.0332. The molecule has 5 heteroatoms. The number of hydrogen-bond donors (Lipinski definition) is 0. The molecule has 0 aromatic carbocycles. The average Bonchev–Trinajstić information content (AvgIpc) is 2.94. The van der Waals surface area contributed by atoms with E-state index in [0.717, 1.165) is 31.5 Å². The second-order valence-electron chi connectivity index (χ2n) is 5.31. The highest BCUT2D eigenvalue weighted by Gasteiger charge is 2.38. The summed E-state index contributed by atoms with van der Waals surface area (Å²) in [6.45, 7) is 4.23. The molecule has 100 valence electrons. The Morgan fingerprint density at radius 3 is 2.94 bits per heavy atom. The van der Waals surface area contributed by atoms with Crippen LogP contribution in [0.2, 0.25) is 0 Å². The van der Waals surface area contributed by atoms with Gasteiger partial charge in [0.1, 0.15) is 0 Å². The smallest absolute Gasteiger partial charge is 0.309 e. The van der Waals surface area contributed by atoms with Gasteiger partial charge in [-0.1, -0.05) is 25.4 Å². The first-order valence-corrected chi connectivity index (χ1v) is 6.52. The third kappa shape index (κ3) is 2.71. The van der Waals surface area contributed by atoms with Crippen LogP contribution in [0.4, 0.5) is 0 Å². The van der Waals surface area contributed by atoms with Crippen LogP contribution in [-0.4, -0.2) is 23.2 Å². The van der Waals surface area contributed by atoms with Crippen LogP contribution in [-0.2, 0) is 16.0 Å². The molecule has 0 spiro atoms. The van der Waals surface area contributed by atoms with E-state index in [-0.39, 0.29) is 17.8 Å². The molecule has 1 aromatic rings. The summed E-state index contributed by atoms with van der Waals surface area (Å²) in [5, 5.41) is 3.98. The molecule has 1 aliphatic rings. The summed E-state index contributed by atoms with van der Waals surface area (Å²) in [4.78, 5) is 16.1. The minimum Gasteiger partial charge on any atom is -0.469 e. The lowest BCUT2D eigenvalue weighted by Crippen LogP contribution is -2.19. The van der Waals surface area contributed by atoms with Gasteiger partial charge in [0.05, 0.1) is 18.9 Å². The van der Waals surface area contributed by atoms with Gasteiger partial charge in [0.15, 0.2) is 5.82 Å². The Hall–Kier alpha value is -1.39. The van der Waals surface area contributed by atoms with Crippen molar-refractivity contribution in [3.63, 3.8) is 0 Å². The van der Waals surface area contributed by atoms with Crippen molar-refractivity contribution in [2.75, 3.05) is 7.11 Å². The van der Waals surface area contributed by atoms with Crippen molar-refractivity contribution in [1.82, 2.24) is 10.1 Å². The molecule has 0 saturated heterocycles. The first kappa shape index (κ1) is 13.1. The molecule has 5 nitrogen and oxygen atoms in total. The number of methoxy groups -OCH3 is 1. The number of hydrogen-bond acceptors (Lipinski definition) is 5. The molecule has 18 heavy (non-hydrogen) atoms. The Labute approximate surface area is 107 Å². The summed E-state index contributed by atoms with van der Waals surface area (Å²) in [5.41, 5.74) is 0. The maximum atomic E-state index is 11.7. The fourth-order valence-corrected chi connectivity index (χ4v) is 2.56.